The first kappa shape index (κ1) is 97.0. The predicted molar refractivity (Wildman–Crippen MR) is 631 cm³/mol. The average Bonchev–Trinajstić information content (AvgIpc) is 1.60. The molecule has 2 N–H and O–H groups in total. The molecule has 24 rings (SSSR count). The van der Waals surface area contributed by atoms with Gasteiger partial charge in [-0.3, -0.25) is 0 Å². The molecule has 0 aliphatic heterocycles. The zero-order valence-corrected chi connectivity index (χ0v) is 89.8. The summed E-state index contributed by atoms with van der Waals surface area (Å²) >= 11 is 15.6. The second-order valence-electron chi connectivity index (χ2n) is 38.7. The number of nitrogens with zero attached hydrogens (tertiary/aromatic N) is 2. The van der Waals surface area contributed by atoms with Gasteiger partial charge in [0.1, 0.15) is 5.75 Å². The highest BCUT2D eigenvalue weighted by Gasteiger charge is 2.41. The molecule has 20 aromatic carbocycles. The largest absolute Gasteiger partial charge is 0.569 e. The van der Waals surface area contributed by atoms with Crippen molar-refractivity contribution in [1.82, 2.24) is 0 Å². The topological polar surface area (TPSA) is 48.0 Å². The van der Waals surface area contributed by atoms with E-state index < -0.39 is 0 Å². The molecule has 0 amide bonds. The molecule has 0 aromatic heterocycles. The van der Waals surface area contributed by atoms with E-state index in [1.54, 1.807) is 0 Å². The minimum Gasteiger partial charge on any atom is -0.537 e. The van der Waals surface area contributed by atoms with Gasteiger partial charge in [-0.25, -0.2) is 0 Å². The molecule has 0 saturated heterocycles. The van der Waals surface area contributed by atoms with Crippen LogP contribution in [0.1, 0.15) is 99.9 Å². The zero-order valence-electron chi connectivity index (χ0n) is 80.8. The Bertz CT molecular complexity index is 7510. The van der Waals surface area contributed by atoms with E-state index in [4.69, 9.17) is 4.65 Å². The summed E-state index contributed by atoms with van der Waals surface area (Å²) < 4.78 is 11.4. The Hall–Kier alpha value is -13.5. The number of hydrogen-bond donors (Lipinski definition) is 2. The molecule has 0 bridgehead atoms. The van der Waals surface area contributed by atoms with Crippen LogP contribution in [0.4, 0.5) is 45.5 Å². The van der Waals surface area contributed by atoms with Crippen LogP contribution in [0.2, 0.25) is 0 Å². The van der Waals surface area contributed by atoms with Crippen molar-refractivity contribution in [3.8, 4) is 117 Å². The van der Waals surface area contributed by atoms with E-state index in [0.717, 1.165) is 66.6 Å². The summed E-state index contributed by atoms with van der Waals surface area (Å²) in [7, 11) is 0.735. The van der Waals surface area contributed by atoms with Crippen molar-refractivity contribution in [1.29, 1.82) is 0 Å². The standard InChI is InChI=1S/C39H31BNO2.C39H30BrN.C24H19N.2C15H12BrI/c1-39(2)37-25-33(21-23-35(37)36-24-22-34(43-40-42)26-38(36)39)41(31-17-13-29(14-18-31)27-9-5-3-6-10-27)32-19-15-30(16-20-32)28-11-7-4-8-12-28;1-39(2)37-25-31(40)17-23-35(37)36-24-22-34(26-38(36)39)41(32-18-13-29(14-19-32)27-9-5-3-6-10-27)33-20-15-30(16-21-33)28-11-7-4-8-12-28;1-3-7-19(8-4-1)21-11-15-23(16-12-21)25-24-17-13-22(14-18-24)20-9-5-2-6-10-20;2*1-15(2)13-7-9(16)3-5-11(13)12-6-4-10(17)8-14(12)15/h3-26,42H,1-2H3;3-26H,1-2H3;1-18,25H;2*3-8H,1-2H3. The molecule has 0 atom stereocenters. The van der Waals surface area contributed by atoms with Gasteiger partial charge in [0.05, 0.1) is 0 Å². The SMILES string of the molecule is CC1(C)c2cc(Br)ccc2-c2ccc(I)cc21.CC1(C)c2cc(Br)ccc2-c2ccc(I)cc21.CC1(C)c2cc(Br)ccc2-c2ccc(N(c3ccc(-c4ccccc4)cc3)c3ccc(-c4ccccc4)cc3)cc21.CC1(C)c2cc(O[B]O)ccc2-c2ccc(N(c3ccc(-c4ccccc4)cc3)c3ccc(-c4ccccc4)cc3)cc21.c1ccc(-c2ccc(Nc3ccc(-c4ccccc4)cc3)cc2)cc1. The first-order chi connectivity index (χ1) is 69.4. The lowest BCUT2D eigenvalue weighted by atomic mass is 9.82. The smallest absolute Gasteiger partial charge is 0.537 e. The molecule has 0 spiro atoms. The van der Waals surface area contributed by atoms with Crippen molar-refractivity contribution >= 4 is 146 Å². The number of hydrogen-bond acceptors (Lipinski definition) is 5. The van der Waals surface area contributed by atoms with Gasteiger partial charge in [0, 0.05) is 87.7 Å². The van der Waals surface area contributed by atoms with Crippen LogP contribution in [0.5, 0.6) is 5.75 Å². The molecule has 11 heteroatoms. The van der Waals surface area contributed by atoms with E-state index in [9.17, 15) is 5.02 Å². The van der Waals surface area contributed by atoms with Crippen LogP contribution in [-0.2, 0) is 21.7 Å². The molecule has 4 aliphatic rings. The van der Waals surface area contributed by atoms with Gasteiger partial charge < -0.3 is 24.8 Å². The van der Waals surface area contributed by atoms with E-state index in [1.165, 1.54) is 163 Å². The fourth-order valence-corrected chi connectivity index (χ4v) is 22.8. The van der Waals surface area contributed by atoms with Gasteiger partial charge in [0.15, 0.2) is 0 Å². The molecule has 20 aromatic rings. The van der Waals surface area contributed by atoms with Gasteiger partial charge in [0.2, 0.25) is 0 Å². The van der Waals surface area contributed by atoms with Crippen LogP contribution >= 0.6 is 93.0 Å². The molecular formula is C132H104BBr3I2N3O2. The number of fused-ring (bicyclic) bond motifs is 12. The molecule has 0 saturated carbocycles. The number of rotatable bonds is 16. The molecule has 697 valence electrons. The maximum Gasteiger partial charge on any atom is 0.569 e. The van der Waals surface area contributed by atoms with Gasteiger partial charge in [-0.05, 0) is 371 Å². The van der Waals surface area contributed by atoms with Crippen LogP contribution in [0, 0.1) is 7.14 Å². The summed E-state index contributed by atoms with van der Waals surface area (Å²) in [5.74, 6) is 0.626. The van der Waals surface area contributed by atoms with Crippen molar-refractivity contribution in [2.45, 2.75) is 77.0 Å². The average molecular weight is 2270 g/mol. The number of benzene rings is 20. The van der Waals surface area contributed by atoms with E-state index in [2.05, 4.69) is 600 Å². The van der Waals surface area contributed by atoms with E-state index in [-0.39, 0.29) is 21.7 Å². The summed E-state index contributed by atoms with van der Waals surface area (Å²) in [6.07, 6.45) is 0. The summed E-state index contributed by atoms with van der Waals surface area (Å²) in [5.41, 5.74) is 44.8. The second kappa shape index (κ2) is 41.8. The maximum atomic E-state index is 9.20. The maximum absolute atomic E-state index is 9.20. The van der Waals surface area contributed by atoms with E-state index in [1.807, 2.05) is 36.4 Å². The number of halogens is 5. The third kappa shape index (κ3) is 20.4. The van der Waals surface area contributed by atoms with Gasteiger partial charge >= 0.3 is 7.69 Å². The van der Waals surface area contributed by atoms with Gasteiger partial charge in [-0.15, -0.1) is 0 Å². The van der Waals surface area contributed by atoms with Crippen LogP contribution in [0.15, 0.2) is 487 Å². The van der Waals surface area contributed by atoms with Gasteiger partial charge in [-0.2, -0.15) is 0 Å². The molecular weight excluding hydrogens is 2160 g/mol. The molecule has 0 unspecified atom stereocenters. The Morgan fingerprint density at radius 1 is 0.217 bits per heavy atom. The third-order valence-corrected chi connectivity index (χ3v) is 31.2. The minimum absolute atomic E-state index is 0.0928. The summed E-state index contributed by atoms with van der Waals surface area (Å²) in [4.78, 5) is 4.71. The van der Waals surface area contributed by atoms with Crippen LogP contribution < -0.4 is 19.8 Å². The molecule has 0 heterocycles. The summed E-state index contributed by atoms with van der Waals surface area (Å²) in [6, 6.07) is 169. The lowest BCUT2D eigenvalue weighted by Crippen LogP contribution is -2.17. The Balaban J connectivity index is 0.000000115. The fourth-order valence-electron chi connectivity index (χ4n) is 20.7. The monoisotopic (exact) mass is 2260 g/mol. The fraction of sp³-hybridized carbons (Fsp3) is 0.0909. The Morgan fingerprint density at radius 2 is 0.413 bits per heavy atom. The van der Waals surface area contributed by atoms with Crippen molar-refractivity contribution in [3.63, 3.8) is 0 Å². The summed E-state index contributed by atoms with van der Waals surface area (Å²) in [5, 5.41) is 12.7. The lowest BCUT2D eigenvalue weighted by molar-refractivity contribution is 0.453. The lowest BCUT2D eigenvalue weighted by Gasteiger charge is -2.28. The number of nitrogens with one attached hydrogen (secondary N) is 1. The van der Waals surface area contributed by atoms with Crippen LogP contribution in [-0.4, -0.2) is 12.7 Å². The molecule has 5 nitrogen and oxygen atoms in total. The highest BCUT2D eigenvalue weighted by atomic mass is 127. The van der Waals surface area contributed by atoms with Crippen molar-refractivity contribution in [3.05, 3.63) is 538 Å². The van der Waals surface area contributed by atoms with Gasteiger partial charge in [0.25, 0.3) is 0 Å². The van der Waals surface area contributed by atoms with Crippen LogP contribution in [0.25, 0.3) is 111 Å². The zero-order chi connectivity index (χ0) is 98.7. The summed E-state index contributed by atoms with van der Waals surface area (Å²) in [6.45, 7) is 18.4. The van der Waals surface area contributed by atoms with Crippen molar-refractivity contribution in [2.75, 3.05) is 15.1 Å². The second-order valence-corrected chi connectivity index (χ2v) is 43.9. The Labute approximate surface area is 894 Å². The number of anilines is 8. The Morgan fingerprint density at radius 3 is 0.664 bits per heavy atom. The van der Waals surface area contributed by atoms with Crippen molar-refractivity contribution < 1.29 is 9.68 Å². The Kier molecular flexibility index (Phi) is 28.4. The quantitative estimate of drug-likeness (QED) is 0.0746. The highest BCUT2D eigenvalue weighted by Crippen LogP contribution is 2.56. The molecule has 4 aliphatic carbocycles. The van der Waals surface area contributed by atoms with E-state index >= 15 is 0 Å². The molecule has 143 heavy (non-hydrogen) atoms. The molecule has 1 radical (unpaired) electrons. The third-order valence-electron chi connectivity index (χ3n) is 28.4. The predicted octanol–water partition coefficient (Wildman–Crippen LogP) is 38.7. The first-order valence-electron chi connectivity index (χ1n) is 48.3. The van der Waals surface area contributed by atoms with Gasteiger partial charge in [-0.1, -0.05) is 406 Å². The normalized spacial score (nSPS) is 13.0. The van der Waals surface area contributed by atoms with Crippen LogP contribution in [0.3, 0.4) is 0 Å². The highest BCUT2D eigenvalue weighted by molar-refractivity contribution is 14.1. The van der Waals surface area contributed by atoms with E-state index in [0.29, 0.717) is 5.75 Å². The molecule has 0 fully saturated rings. The van der Waals surface area contributed by atoms with Crippen molar-refractivity contribution in [2.24, 2.45) is 0 Å². The first-order valence-corrected chi connectivity index (χ1v) is 52.8. The minimum atomic E-state index is -0.241.